The molecule has 0 radical (unpaired) electrons. The minimum absolute atomic E-state index is 0.0533. The van der Waals surface area contributed by atoms with Gasteiger partial charge in [-0.05, 0) is 45.4 Å². The van der Waals surface area contributed by atoms with Crippen LogP contribution in [0.15, 0.2) is 18.3 Å². The largest absolute Gasteiger partial charge is 0.444 e. The van der Waals surface area contributed by atoms with Crippen molar-refractivity contribution in [2.24, 2.45) is 5.92 Å². The molecule has 9 heteroatoms. The van der Waals surface area contributed by atoms with Gasteiger partial charge < -0.3 is 19.7 Å². The number of nitrogens with zero attached hydrogens (tertiary/aromatic N) is 4. The number of hydrogen-bond acceptors (Lipinski definition) is 6. The highest BCUT2D eigenvalue weighted by Crippen LogP contribution is 2.23. The molecule has 2 aliphatic rings. The fourth-order valence-electron chi connectivity index (χ4n) is 4.24. The second-order valence-electron chi connectivity index (χ2n) is 10.0. The van der Waals surface area contributed by atoms with E-state index >= 15 is 0 Å². The number of hydrogen-bond donors (Lipinski definition) is 1. The SMILES string of the molecule is Cc1cc2nn(CC3CN(C(=O)OC(C)(C)C)C3)cc2cc1C(=O)NCCN1CCOCC1. The van der Waals surface area contributed by atoms with E-state index in [1.54, 1.807) is 4.90 Å². The lowest BCUT2D eigenvalue weighted by molar-refractivity contribution is -0.00382. The number of carbonyl (C=O) groups excluding carboxylic acids is 2. The Bertz CT molecular complexity index is 1000. The number of aryl methyl sites for hydroxylation is 1. The van der Waals surface area contributed by atoms with Crippen LogP contribution < -0.4 is 5.32 Å². The Kier molecular flexibility index (Phi) is 6.90. The maximum absolute atomic E-state index is 12.8. The molecule has 2 fully saturated rings. The van der Waals surface area contributed by atoms with E-state index in [-0.39, 0.29) is 12.0 Å². The molecule has 33 heavy (non-hydrogen) atoms. The highest BCUT2D eigenvalue weighted by atomic mass is 16.6. The van der Waals surface area contributed by atoms with Crippen LogP contribution in [0.3, 0.4) is 0 Å². The lowest BCUT2D eigenvalue weighted by Gasteiger charge is -2.39. The van der Waals surface area contributed by atoms with Gasteiger partial charge in [0.05, 0.1) is 18.7 Å². The normalized spacial score (nSPS) is 17.8. The number of fused-ring (bicyclic) bond motifs is 1. The Balaban J connectivity index is 1.31. The molecule has 180 valence electrons. The molecule has 0 aliphatic carbocycles. The summed E-state index contributed by atoms with van der Waals surface area (Å²) in [7, 11) is 0. The van der Waals surface area contributed by atoms with Crippen LogP contribution in [0.1, 0.15) is 36.7 Å². The van der Waals surface area contributed by atoms with Crippen molar-refractivity contribution in [3.63, 3.8) is 0 Å². The van der Waals surface area contributed by atoms with E-state index in [0.717, 1.165) is 55.9 Å². The fourth-order valence-corrected chi connectivity index (χ4v) is 4.24. The topological polar surface area (TPSA) is 88.9 Å². The molecule has 2 aliphatic heterocycles. The van der Waals surface area contributed by atoms with Gasteiger partial charge in [-0.1, -0.05) is 0 Å². The van der Waals surface area contributed by atoms with Gasteiger partial charge in [0.25, 0.3) is 5.91 Å². The number of carbonyl (C=O) groups is 2. The van der Waals surface area contributed by atoms with E-state index in [2.05, 4.69) is 15.3 Å². The zero-order valence-electron chi connectivity index (χ0n) is 20.1. The summed E-state index contributed by atoms with van der Waals surface area (Å²) >= 11 is 0. The average Bonchev–Trinajstić information content (AvgIpc) is 3.10. The lowest BCUT2D eigenvalue weighted by Crippen LogP contribution is -2.52. The first kappa shape index (κ1) is 23.5. The summed E-state index contributed by atoms with van der Waals surface area (Å²) in [5.74, 6) is 0.290. The maximum atomic E-state index is 12.8. The summed E-state index contributed by atoms with van der Waals surface area (Å²) in [4.78, 5) is 28.9. The van der Waals surface area contributed by atoms with E-state index in [9.17, 15) is 9.59 Å². The molecule has 0 bridgehead atoms. The number of benzene rings is 1. The molecule has 9 nitrogen and oxygen atoms in total. The summed E-state index contributed by atoms with van der Waals surface area (Å²) in [5.41, 5.74) is 1.99. The predicted molar refractivity (Wildman–Crippen MR) is 125 cm³/mol. The molecular weight excluding hydrogens is 422 g/mol. The molecule has 4 rings (SSSR count). The molecule has 1 aromatic heterocycles. The number of likely N-dealkylation sites (tertiary alicyclic amines) is 1. The first-order chi connectivity index (χ1) is 15.7. The molecule has 2 saturated heterocycles. The Labute approximate surface area is 195 Å². The van der Waals surface area contributed by atoms with Crippen molar-refractivity contribution in [2.75, 3.05) is 52.5 Å². The quantitative estimate of drug-likeness (QED) is 0.716. The highest BCUT2D eigenvalue weighted by Gasteiger charge is 2.34. The first-order valence-electron chi connectivity index (χ1n) is 11.7. The van der Waals surface area contributed by atoms with Gasteiger partial charge in [0.2, 0.25) is 0 Å². The Morgan fingerprint density at radius 3 is 2.64 bits per heavy atom. The minimum Gasteiger partial charge on any atom is -0.444 e. The van der Waals surface area contributed by atoms with Crippen LogP contribution in [0.25, 0.3) is 10.9 Å². The van der Waals surface area contributed by atoms with E-state index in [4.69, 9.17) is 9.47 Å². The summed E-state index contributed by atoms with van der Waals surface area (Å²) in [6, 6.07) is 3.89. The second kappa shape index (κ2) is 9.69. The maximum Gasteiger partial charge on any atom is 0.410 e. The first-order valence-corrected chi connectivity index (χ1v) is 11.7. The number of amides is 2. The highest BCUT2D eigenvalue weighted by molar-refractivity contribution is 5.99. The van der Waals surface area contributed by atoms with Crippen molar-refractivity contribution in [2.45, 2.75) is 39.8 Å². The summed E-state index contributed by atoms with van der Waals surface area (Å²) in [6.45, 7) is 14.4. The number of rotatable bonds is 6. The monoisotopic (exact) mass is 457 g/mol. The van der Waals surface area contributed by atoms with Crippen molar-refractivity contribution in [3.05, 3.63) is 29.5 Å². The summed E-state index contributed by atoms with van der Waals surface area (Å²) in [6.07, 6.45) is 1.72. The lowest BCUT2D eigenvalue weighted by atomic mass is 10.0. The molecule has 2 aromatic rings. The second-order valence-corrected chi connectivity index (χ2v) is 10.0. The van der Waals surface area contributed by atoms with E-state index < -0.39 is 5.60 Å². The van der Waals surface area contributed by atoms with Gasteiger partial charge in [-0.2, -0.15) is 5.10 Å². The van der Waals surface area contributed by atoms with Crippen LogP contribution in [0.2, 0.25) is 0 Å². The van der Waals surface area contributed by atoms with Crippen molar-refractivity contribution in [1.29, 1.82) is 0 Å². The average molecular weight is 458 g/mol. The molecule has 1 aromatic carbocycles. The number of morpholine rings is 1. The van der Waals surface area contributed by atoms with E-state index in [1.807, 2.05) is 50.7 Å². The van der Waals surface area contributed by atoms with Gasteiger partial charge in [-0.15, -0.1) is 0 Å². The van der Waals surface area contributed by atoms with Gasteiger partial charge >= 0.3 is 6.09 Å². The third-order valence-electron chi connectivity index (χ3n) is 6.01. The molecule has 0 atom stereocenters. The fraction of sp³-hybridized carbons (Fsp3) is 0.625. The van der Waals surface area contributed by atoms with Crippen LogP contribution in [0.5, 0.6) is 0 Å². The Morgan fingerprint density at radius 2 is 1.94 bits per heavy atom. The smallest absolute Gasteiger partial charge is 0.410 e. The zero-order chi connectivity index (χ0) is 23.6. The minimum atomic E-state index is -0.480. The molecule has 0 saturated carbocycles. The van der Waals surface area contributed by atoms with Crippen LogP contribution >= 0.6 is 0 Å². The van der Waals surface area contributed by atoms with Crippen LogP contribution in [0, 0.1) is 12.8 Å². The van der Waals surface area contributed by atoms with Gasteiger partial charge in [0.15, 0.2) is 0 Å². The summed E-state index contributed by atoms with van der Waals surface area (Å²) in [5, 5.41) is 8.67. The predicted octanol–water partition coefficient (Wildman–Crippen LogP) is 2.27. The Hall–Kier alpha value is -2.65. The van der Waals surface area contributed by atoms with Crippen molar-refractivity contribution in [3.8, 4) is 0 Å². The van der Waals surface area contributed by atoms with Crippen LogP contribution in [0.4, 0.5) is 4.79 Å². The molecule has 2 amide bonds. The van der Waals surface area contributed by atoms with Gasteiger partial charge in [-0.3, -0.25) is 14.4 Å². The standard InChI is InChI=1S/C24H35N5O4/c1-17-11-21-19(12-20(17)22(30)25-5-6-27-7-9-32-10-8-27)16-29(26-21)15-18-13-28(14-18)23(31)33-24(2,3)4/h11-12,16,18H,5-10,13-15H2,1-4H3,(H,25,30). The summed E-state index contributed by atoms with van der Waals surface area (Å²) < 4.78 is 12.7. The van der Waals surface area contributed by atoms with Gasteiger partial charge in [0.1, 0.15) is 5.60 Å². The third-order valence-corrected chi connectivity index (χ3v) is 6.01. The van der Waals surface area contributed by atoms with Crippen LogP contribution in [-0.2, 0) is 16.0 Å². The molecule has 3 heterocycles. The number of aromatic nitrogens is 2. The Morgan fingerprint density at radius 1 is 1.21 bits per heavy atom. The molecular formula is C24H35N5O4. The van der Waals surface area contributed by atoms with Gasteiger partial charge in [-0.25, -0.2) is 4.79 Å². The van der Waals surface area contributed by atoms with Crippen molar-refractivity contribution < 1.29 is 19.1 Å². The van der Waals surface area contributed by atoms with Crippen LogP contribution in [-0.4, -0.2) is 89.7 Å². The van der Waals surface area contributed by atoms with Crippen molar-refractivity contribution in [1.82, 2.24) is 24.9 Å². The third kappa shape index (κ3) is 6.03. The number of ether oxygens (including phenoxy) is 2. The van der Waals surface area contributed by atoms with E-state index in [0.29, 0.717) is 31.1 Å². The molecule has 0 spiro atoms. The molecule has 0 unspecified atom stereocenters. The zero-order valence-corrected chi connectivity index (χ0v) is 20.1. The van der Waals surface area contributed by atoms with Gasteiger partial charge in [0, 0.05) is 68.9 Å². The van der Waals surface area contributed by atoms with Crippen molar-refractivity contribution >= 4 is 22.9 Å². The molecule has 1 N–H and O–H groups in total. The van der Waals surface area contributed by atoms with E-state index in [1.165, 1.54) is 0 Å². The number of nitrogens with one attached hydrogen (secondary N) is 1.